The van der Waals surface area contributed by atoms with Crippen molar-refractivity contribution in [2.75, 3.05) is 39.9 Å². The van der Waals surface area contributed by atoms with Gasteiger partial charge >= 0.3 is 175 Å². The number of aldehydes is 1. The van der Waals surface area contributed by atoms with Crippen LogP contribution in [0.3, 0.4) is 0 Å². The number of carbonyl (C=O) groups excluding carboxylic acids is 5. The molecule has 14 heteroatoms. The number of allylic oxidation sites excluding steroid dienone is 2. The van der Waals surface area contributed by atoms with Crippen molar-refractivity contribution in [1.29, 1.82) is 0 Å². The molecule has 1 aliphatic rings. The van der Waals surface area contributed by atoms with Crippen molar-refractivity contribution in [2.45, 2.75) is 64.2 Å². The maximum Gasteiger partial charge on any atom is 1.00 e. The van der Waals surface area contributed by atoms with Crippen LogP contribution in [-0.2, 0) is 19.1 Å². The van der Waals surface area contributed by atoms with Crippen LogP contribution in [0.2, 0.25) is 0 Å². The molecule has 2 N–H and O–H groups in total. The average Bonchev–Trinajstić information content (AvgIpc) is 2.96. The topological polar surface area (TPSA) is 161 Å². The molecule has 222 valence electrons. The number of carbonyl (C=O) groups is 5. The number of amides is 4. The standard InChI is InChI=1S/C29H43N5O6.3Rb.H2/c1-30-25-10-5-4-9-24(25)28(38)22-11-13-23(14-12-22)34-27(37)21-26(36)31-17-20-40-19-8-16-33-29(39)32-15-6-2-3-7-18-35;;;;/h11-14,18H,2-10,15-17,19-21H2,1H3,(H5,30,31,32,33,34,36,37,38,39);;;;1H/q;3*+1;/p-3. The quantitative estimate of drug-likeness (QED) is 0.0629. The number of ketones is 1. The minimum Gasteiger partial charge on any atom is -0.651 e. The summed E-state index contributed by atoms with van der Waals surface area (Å²) < 4.78 is 5.38. The molecular weight excluding hydrogens is 771 g/mol. The van der Waals surface area contributed by atoms with E-state index >= 15 is 0 Å². The van der Waals surface area contributed by atoms with Gasteiger partial charge in [-0.15, -0.1) is 12.2 Å². The van der Waals surface area contributed by atoms with Gasteiger partial charge in [-0.3, -0.25) is 9.59 Å². The van der Waals surface area contributed by atoms with Crippen molar-refractivity contribution in [3.8, 4) is 0 Å². The number of hydrogen-bond donors (Lipinski definition) is 2. The smallest absolute Gasteiger partial charge is 0.651 e. The third-order valence-electron chi connectivity index (χ3n) is 6.23. The zero-order valence-electron chi connectivity index (χ0n) is 26.3. The molecule has 1 aromatic carbocycles. The third-order valence-corrected chi connectivity index (χ3v) is 6.23. The number of nitrogens with zero attached hydrogens (tertiary/aromatic N) is 3. The maximum absolute atomic E-state index is 12.9. The fraction of sp³-hybridized carbons (Fsp3) is 0.552. The summed E-state index contributed by atoms with van der Waals surface area (Å²) >= 11 is 0. The Labute approximate surface area is 403 Å². The third kappa shape index (κ3) is 21.3. The molecule has 0 bridgehead atoms. The first kappa shape index (κ1) is 46.8. The Morgan fingerprint density at radius 3 is 2.30 bits per heavy atom. The van der Waals surface area contributed by atoms with Crippen molar-refractivity contribution in [2.24, 2.45) is 0 Å². The van der Waals surface area contributed by atoms with Gasteiger partial charge < -0.3 is 45.7 Å². The van der Waals surface area contributed by atoms with E-state index in [-0.39, 0.29) is 201 Å². The van der Waals surface area contributed by atoms with Gasteiger partial charge in [-0.25, -0.2) is 0 Å². The number of hydrogen-bond acceptors (Lipinski definition) is 7. The van der Waals surface area contributed by atoms with Crippen molar-refractivity contribution < 1.29 is 205 Å². The summed E-state index contributed by atoms with van der Waals surface area (Å²) in [5.41, 5.74) is 2.70. The van der Waals surface area contributed by atoms with Gasteiger partial charge in [0.1, 0.15) is 6.29 Å². The minimum absolute atomic E-state index is 0. The Morgan fingerprint density at radius 1 is 0.884 bits per heavy atom. The maximum atomic E-state index is 12.9. The normalized spacial score (nSPS) is 11.9. The zero-order chi connectivity index (χ0) is 29.0. The zero-order valence-corrected chi connectivity index (χ0v) is 41.0. The molecule has 0 saturated heterocycles. The molecule has 43 heavy (non-hydrogen) atoms. The largest absolute Gasteiger partial charge is 1.00 e. The molecule has 1 aromatic rings. The second-order valence-corrected chi connectivity index (χ2v) is 9.34. The fourth-order valence-corrected chi connectivity index (χ4v) is 4.13. The van der Waals surface area contributed by atoms with Gasteiger partial charge in [0.25, 0.3) is 0 Å². The predicted molar refractivity (Wildman–Crippen MR) is 155 cm³/mol. The van der Waals surface area contributed by atoms with Crippen molar-refractivity contribution in [3.05, 3.63) is 57.0 Å². The Balaban J connectivity index is -0.00000420. The number of urea groups is 1. The number of ether oxygens (including phenoxy) is 1. The van der Waals surface area contributed by atoms with E-state index in [1.54, 1.807) is 24.3 Å². The van der Waals surface area contributed by atoms with Crippen LogP contribution < -0.4 is 185 Å². The van der Waals surface area contributed by atoms with Crippen LogP contribution in [0, 0.1) is 0 Å². The summed E-state index contributed by atoms with van der Waals surface area (Å²) in [6.07, 6.45) is 7.74. The Kier molecular flexibility index (Phi) is 32.4. The monoisotopic (exact) mass is 811 g/mol. The number of unbranched alkanes of at least 4 members (excludes halogenated alkanes) is 3. The van der Waals surface area contributed by atoms with Gasteiger partial charge in [0.15, 0.2) is 11.8 Å². The first-order chi connectivity index (χ1) is 19.4. The van der Waals surface area contributed by atoms with E-state index in [1.165, 1.54) is 0 Å². The summed E-state index contributed by atoms with van der Waals surface area (Å²) in [6, 6.07) is 6.11. The van der Waals surface area contributed by atoms with Gasteiger partial charge in [0.2, 0.25) is 0 Å². The molecule has 0 radical (unpaired) electrons. The molecule has 1 aliphatic carbocycles. The SMILES string of the molecule is CNC1=C(C(=O)c2ccc([N-]C(=O)CC(=O)[N-]CCOCCC[N-]C(=O)NCCCCCC=O)cc2)CCCC1.[HH].[Rb+].[Rb+].[Rb+]. The van der Waals surface area contributed by atoms with Gasteiger partial charge in [-0.2, -0.15) is 0 Å². The Morgan fingerprint density at radius 2 is 1.60 bits per heavy atom. The summed E-state index contributed by atoms with van der Waals surface area (Å²) in [7, 11) is 1.83. The van der Waals surface area contributed by atoms with Gasteiger partial charge in [0, 0.05) is 51.4 Å². The Bertz CT molecular complexity index is 1030. The first-order valence-electron chi connectivity index (χ1n) is 13.9. The van der Waals surface area contributed by atoms with Crippen LogP contribution >= 0.6 is 0 Å². The number of nitrogens with one attached hydrogen (secondary N) is 2. The molecule has 0 aliphatic heterocycles. The van der Waals surface area contributed by atoms with E-state index in [9.17, 15) is 24.0 Å². The summed E-state index contributed by atoms with van der Waals surface area (Å²) in [5, 5.41) is 17.4. The molecule has 0 unspecified atom stereocenters. The van der Waals surface area contributed by atoms with Crippen LogP contribution in [-0.4, -0.2) is 69.8 Å². The molecule has 4 amide bonds. The molecule has 0 aromatic heterocycles. The Hall–Kier alpha value is 1.69. The number of Topliss-reactive ketones (excluding diaryl/α,β-unsaturated/α-hetero) is 1. The summed E-state index contributed by atoms with van der Waals surface area (Å²) in [4.78, 5) is 58.8. The van der Waals surface area contributed by atoms with Gasteiger partial charge in [-0.1, -0.05) is 43.7 Å². The van der Waals surface area contributed by atoms with E-state index in [0.717, 1.165) is 62.5 Å². The van der Waals surface area contributed by atoms with E-state index in [0.29, 0.717) is 43.8 Å². The molecule has 0 fully saturated rings. The van der Waals surface area contributed by atoms with E-state index in [4.69, 9.17) is 4.74 Å². The number of benzene rings is 1. The molecule has 0 saturated carbocycles. The molecule has 0 atom stereocenters. The van der Waals surface area contributed by atoms with E-state index in [1.807, 2.05) is 7.05 Å². The second kappa shape index (κ2) is 29.8. The van der Waals surface area contributed by atoms with Gasteiger partial charge in [-0.05, 0) is 45.1 Å². The minimum atomic E-state index is -0.609. The predicted octanol–water partition coefficient (Wildman–Crippen LogP) is -3.75. The van der Waals surface area contributed by atoms with Crippen LogP contribution in [0.15, 0.2) is 35.5 Å². The molecule has 2 rings (SSSR count). The van der Waals surface area contributed by atoms with Crippen molar-refractivity contribution >= 4 is 35.6 Å². The summed E-state index contributed by atoms with van der Waals surface area (Å²) in [5.74, 6) is -1.21. The molecular formula is C29H42N5O6Rb3. The van der Waals surface area contributed by atoms with Crippen LogP contribution in [0.25, 0.3) is 16.0 Å². The number of rotatable bonds is 19. The van der Waals surface area contributed by atoms with E-state index in [2.05, 4.69) is 26.6 Å². The molecule has 0 spiro atoms. The van der Waals surface area contributed by atoms with Crippen molar-refractivity contribution in [3.63, 3.8) is 0 Å². The van der Waals surface area contributed by atoms with Crippen molar-refractivity contribution in [1.82, 2.24) is 10.6 Å². The van der Waals surface area contributed by atoms with Gasteiger partial charge in [0.05, 0.1) is 11.8 Å². The first-order valence-corrected chi connectivity index (χ1v) is 13.9. The summed E-state index contributed by atoms with van der Waals surface area (Å²) in [6.45, 7) is 1.56. The van der Waals surface area contributed by atoms with Crippen LogP contribution in [0.1, 0.15) is 76.0 Å². The molecule has 11 nitrogen and oxygen atoms in total. The fourth-order valence-electron chi connectivity index (χ4n) is 4.13. The van der Waals surface area contributed by atoms with Crippen LogP contribution in [0.5, 0.6) is 0 Å². The van der Waals surface area contributed by atoms with Crippen LogP contribution in [0.4, 0.5) is 10.5 Å². The van der Waals surface area contributed by atoms with E-state index < -0.39 is 18.2 Å². The average molecular weight is 813 g/mol. The second-order valence-electron chi connectivity index (χ2n) is 9.34. The molecule has 0 heterocycles.